The van der Waals surface area contributed by atoms with Crippen molar-refractivity contribution in [1.82, 2.24) is 5.32 Å². The Labute approximate surface area is 80.3 Å². The lowest BCUT2D eigenvalue weighted by Gasteiger charge is -2.08. The van der Waals surface area contributed by atoms with Crippen molar-refractivity contribution in [3.63, 3.8) is 0 Å². The third-order valence-corrected chi connectivity index (χ3v) is 1.13. The van der Waals surface area contributed by atoms with Crippen molar-refractivity contribution in [2.45, 2.75) is 25.6 Å². The van der Waals surface area contributed by atoms with E-state index in [9.17, 15) is 18.0 Å². The van der Waals surface area contributed by atoms with Gasteiger partial charge in [-0.05, 0) is 13.0 Å². The van der Waals surface area contributed by atoms with Crippen molar-refractivity contribution in [2.75, 3.05) is 6.54 Å². The first-order valence-electron chi connectivity index (χ1n) is 3.49. The van der Waals surface area contributed by atoms with Crippen molar-refractivity contribution in [1.29, 1.82) is 0 Å². The number of amides is 1. The summed E-state index contributed by atoms with van der Waals surface area (Å²) in [7, 11) is 0. The molecule has 0 aromatic heterocycles. The number of halogens is 4. The fourth-order valence-corrected chi connectivity index (χ4v) is 0.552. The average molecular weight is 221 g/mol. The number of hydrogen-bond donors (Lipinski definition) is 2. The number of nitrogens with two attached hydrogens (primary N) is 1. The van der Waals surface area contributed by atoms with Crippen LogP contribution in [0.5, 0.6) is 0 Å². The minimum absolute atomic E-state index is 0. The summed E-state index contributed by atoms with van der Waals surface area (Å²) in [4.78, 5) is 10.6. The van der Waals surface area contributed by atoms with Gasteiger partial charge in [0, 0.05) is 6.42 Å². The minimum atomic E-state index is -3.17. The molecule has 1 amide bonds. The SMILES string of the molecule is Cl.NCCCC(=O)NC(F)C(F)F. The van der Waals surface area contributed by atoms with Crippen molar-refractivity contribution >= 4 is 18.3 Å². The van der Waals surface area contributed by atoms with Gasteiger partial charge in [0.05, 0.1) is 0 Å². The number of carbonyl (C=O) groups is 1. The van der Waals surface area contributed by atoms with Gasteiger partial charge in [0.25, 0.3) is 6.43 Å². The summed E-state index contributed by atoms with van der Waals surface area (Å²) in [6.07, 6.45) is -5.41. The molecule has 0 aliphatic heterocycles. The van der Waals surface area contributed by atoms with Crippen LogP contribution >= 0.6 is 12.4 Å². The molecule has 0 bridgehead atoms. The zero-order valence-electron chi connectivity index (χ0n) is 6.80. The second kappa shape index (κ2) is 8.12. The minimum Gasteiger partial charge on any atom is -0.330 e. The summed E-state index contributed by atoms with van der Waals surface area (Å²) in [5.74, 6) is -0.742. The monoisotopic (exact) mass is 220 g/mol. The van der Waals surface area contributed by atoms with E-state index in [4.69, 9.17) is 5.73 Å². The summed E-state index contributed by atoms with van der Waals surface area (Å²) in [5.41, 5.74) is 5.05. The number of rotatable bonds is 5. The van der Waals surface area contributed by atoms with Gasteiger partial charge in [-0.2, -0.15) is 0 Å². The molecule has 0 aromatic rings. The van der Waals surface area contributed by atoms with E-state index in [0.717, 1.165) is 0 Å². The second-order valence-electron chi connectivity index (χ2n) is 2.20. The van der Waals surface area contributed by atoms with Crippen LogP contribution in [0.15, 0.2) is 0 Å². The summed E-state index contributed by atoms with van der Waals surface area (Å²) in [6, 6.07) is 0. The molecule has 80 valence electrons. The highest BCUT2D eigenvalue weighted by Crippen LogP contribution is 2.02. The van der Waals surface area contributed by atoms with Gasteiger partial charge in [0.2, 0.25) is 12.2 Å². The van der Waals surface area contributed by atoms with Gasteiger partial charge >= 0.3 is 0 Å². The molecule has 0 fully saturated rings. The number of hydrogen-bond acceptors (Lipinski definition) is 2. The van der Waals surface area contributed by atoms with Crippen molar-refractivity contribution < 1.29 is 18.0 Å². The van der Waals surface area contributed by atoms with Crippen molar-refractivity contribution in [3.05, 3.63) is 0 Å². The Morgan fingerprint density at radius 1 is 1.38 bits per heavy atom. The summed E-state index contributed by atoms with van der Waals surface area (Å²) >= 11 is 0. The molecule has 0 saturated carbocycles. The van der Waals surface area contributed by atoms with Gasteiger partial charge in [-0.15, -0.1) is 12.4 Å². The Kier molecular flexibility index (Phi) is 9.38. The van der Waals surface area contributed by atoms with Gasteiger partial charge in [-0.25, -0.2) is 13.2 Å². The van der Waals surface area contributed by atoms with Crippen LogP contribution in [0.3, 0.4) is 0 Å². The van der Waals surface area contributed by atoms with Crippen LogP contribution in [-0.4, -0.2) is 25.2 Å². The fraction of sp³-hybridized carbons (Fsp3) is 0.833. The highest BCUT2D eigenvalue weighted by Gasteiger charge is 2.20. The topological polar surface area (TPSA) is 55.1 Å². The zero-order valence-corrected chi connectivity index (χ0v) is 7.62. The first-order valence-corrected chi connectivity index (χ1v) is 3.49. The summed E-state index contributed by atoms with van der Waals surface area (Å²) in [6.45, 7) is 0.277. The van der Waals surface area contributed by atoms with E-state index in [-0.39, 0.29) is 25.4 Å². The van der Waals surface area contributed by atoms with Gasteiger partial charge in [0.15, 0.2) is 0 Å². The standard InChI is InChI=1S/C6H11F3N2O.ClH/c7-5(8)6(9)11-4(12)2-1-3-10;/h5-6H,1-3,10H2,(H,11,12);1H. The zero-order chi connectivity index (χ0) is 9.56. The third kappa shape index (κ3) is 7.86. The second-order valence-corrected chi connectivity index (χ2v) is 2.20. The first-order chi connectivity index (χ1) is 5.57. The quantitative estimate of drug-likeness (QED) is 0.674. The Balaban J connectivity index is 0. The van der Waals surface area contributed by atoms with Gasteiger partial charge < -0.3 is 11.1 Å². The van der Waals surface area contributed by atoms with Crippen LogP contribution in [-0.2, 0) is 4.79 Å². The Hall–Kier alpha value is -0.490. The molecule has 3 N–H and O–H groups in total. The molecule has 0 aliphatic rings. The van der Waals surface area contributed by atoms with Crippen LogP contribution in [0.25, 0.3) is 0 Å². The van der Waals surface area contributed by atoms with Crippen LogP contribution < -0.4 is 11.1 Å². The molecule has 0 rings (SSSR count). The van der Waals surface area contributed by atoms with E-state index < -0.39 is 18.6 Å². The number of nitrogens with one attached hydrogen (secondary N) is 1. The lowest BCUT2D eigenvalue weighted by atomic mass is 10.3. The Bertz CT molecular complexity index is 148. The maximum absolute atomic E-state index is 12.1. The van der Waals surface area contributed by atoms with E-state index in [1.165, 1.54) is 5.32 Å². The van der Waals surface area contributed by atoms with Gasteiger partial charge in [-0.1, -0.05) is 0 Å². The molecule has 1 atom stereocenters. The molecule has 3 nitrogen and oxygen atoms in total. The fourth-order valence-electron chi connectivity index (χ4n) is 0.552. The summed E-state index contributed by atoms with van der Waals surface area (Å²) < 4.78 is 35.1. The molecule has 0 aliphatic carbocycles. The molecule has 13 heavy (non-hydrogen) atoms. The van der Waals surface area contributed by atoms with Crippen molar-refractivity contribution in [3.8, 4) is 0 Å². The third-order valence-electron chi connectivity index (χ3n) is 1.13. The van der Waals surface area contributed by atoms with Gasteiger partial charge in [0.1, 0.15) is 0 Å². The Morgan fingerprint density at radius 2 is 1.92 bits per heavy atom. The molecular formula is C6H12ClF3N2O. The van der Waals surface area contributed by atoms with E-state index in [1.807, 2.05) is 0 Å². The maximum atomic E-state index is 12.1. The largest absolute Gasteiger partial charge is 0.330 e. The highest BCUT2D eigenvalue weighted by molar-refractivity contribution is 5.85. The van der Waals surface area contributed by atoms with Crippen molar-refractivity contribution in [2.24, 2.45) is 5.73 Å². The molecule has 0 heterocycles. The summed E-state index contributed by atoms with van der Waals surface area (Å²) in [5, 5.41) is 1.50. The van der Waals surface area contributed by atoms with Gasteiger partial charge in [-0.3, -0.25) is 4.79 Å². The number of carbonyl (C=O) groups excluding carboxylic acids is 1. The van der Waals surface area contributed by atoms with E-state index in [0.29, 0.717) is 6.42 Å². The smallest absolute Gasteiger partial charge is 0.287 e. The highest BCUT2D eigenvalue weighted by atomic mass is 35.5. The lowest BCUT2D eigenvalue weighted by molar-refractivity contribution is -0.125. The lowest BCUT2D eigenvalue weighted by Crippen LogP contribution is -2.36. The van der Waals surface area contributed by atoms with Crippen LogP contribution in [0.4, 0.5) is 13.2 Å². The molecule has 0 spiro atoms. The molecule has 0 saturated heterocycles. The first kappa shape index (κ1) is 15.0. The molecule has 0 aromatic carbocycles. The van der Waals surface area contributed by atoms with E-state index in [1.54, 1.807) is 0 Å². The molecule has 7 heteroatoms. The molecular weight excluding hydrogens is 209 g/mol. The van der Waals surface area contributed by atoms with E-state index >= 15 is 0 Å². The van der Waals surface area contributed by atoms with E-state index in [2.05, 4.69) is 0 Å². The molecule has 0 radical (unpaired) electrons. The van der Waals surface area contributed by atoms with Crippen LogP contribution in [0, 0.1) is 0 Å². The van der Waals surface area contributed by atoms with Crippen LogP contribution in [0.2, 0.25) is 0 Å². The van der Waals surface area contributed by atoms with Crippen LogP contribution in [0.1, 0.15) is 12.8 Å². The number of alkyl halides is 3. The normalized spacial score (nSPS) is 12.1. The predicted octanol–water partition coefficient (Wildman–Crippen LogP) is 0.824. The predicted molar refractivity (Wildman–Crippen MR) is 44.6 cm³/mol. The Morgan fingerprint density at radius 3 is 2.31 bits per heavy atom. The average Bonchev–Trinajstić information content (AvgIpc) is 2.00. The maximum Gasteiger partial charge on any atom is 0.287 e. The molecule has 1 unspecified atom stereocenters.